The van der Waals surface area contributed by atoms with Crippen LogP contribution in [0.2, 0.25) is 0 Å². The number of carboxylic acids is 1. The molecule has 0 bridgehead atoms. The van der Waals surface area contributed by atoms with Crippen molar-refractivity contribution in [2.75, 3.05) is 0 Å². The summed E-state index contributed by atoms with van der Waals surface area (Å²) in [6.45, 7) is 0. The Bertz CT molecular complexity index is 1170. The summed E-state index contributed by atoms with van der Waals surface area (Å²) in [6.07, 6.45) is -11.3. The Balaban J connectivity index is 1.99. The number of carbonyl (C=O) groups is 2. The van der Waals surface area contributed by atoms with Gasteiger partial charge in [-0.25, -0.2) is 4.68 Å². The highest BCUT2D eigenvalue weighted by Crippen LogP contribution is 2.38. The third-order valence-corrected chi connectivity index (χ3v) is 4.62. The molecule has 7 nitrogen and oxygen atoms in total. The average molecular weight is 487 g/mol. The molecule has 1 atom stereocenters. The number of nitrogens with one attached hydrogen (secondary N) is 1. The van der Waals surface area contributed by atoms with Crippen molar-refractivity contribution in [3.05, 3.63) is 77.0 Å². The van der Waals surface area contributed by atoms with Crippen LogP contribution in [0.15, 0.2) is 54.6 Å². The Morgan fingerprint density at radius 2 is 1.50 bits per heavy atom. The van der Waals surface area contributed by atoms with Gasteiger partial charge in [0.05, 0.1) is 29.3 Å². The summed E-state index contributed by atoms with van der Waals surface area (Å²) in [6, 6.07) is 7.71. The maximum absolute atomic E-state index is 13.2. The monoisotopic (exact) mass is 487 g/mol. The van der Waals surface area contributed by atoms with Gasteiger partial charge in [-0.1, -0.05) is 18.2 Å². The third kappa shape index (κ3) is 5.66. The number of hydrogen-bond acceptors (Lipinski definition) is 4. The largest absolute Gasteiger partial charge is 0.493 e. The predicted octanol–water partition coefficient (Wildman–Crippen LogP) is 4.56. The molecule has 3 rings (SSSR count). The van der Waals surface area contributed by atoms with Crippen molar-refractivity contribution in [1.29, 1.82) is 0 Å². The molecule has 0 radical (unpaired) electrons. The molecule has 3 N–H and O–H groups in total. The Morgan fingerprint density at radius 3 is 2.00 bits per heavy atom. The number of aromatic nitrogens is 2. The van der Waals surface area contributed by atoms with Gasteiger partial charge >= 0.3 is 18.3 Å². The minimum atomic E-state index is -5.16. The lowest BCUT2D eigenvalue weighted by atomic mass is 9.97. The van der Waals surface area contributed by atoms with Crippen molar-refractivity contribution in [2.45, 2.75) is 24.8 Å². The van der Waals surface area contributed by atoms with Gasteiger partial charge in [0, 0.05) is 6.07 Å². The first-order chi connectivity index (χ1) is 15.8. The highest BCUT2D eigenvalue weighted by molar-refractivity contribution is 5.93. The number of carboxylic acid groups (broad SMARTS) is 1. The quantitative estimate of drug-likeness (QED) is 0.443. The molecule has 0 saturated carbocycles. The molecule has 1 aromatic heterocycles. The van der Waals surface area contributed by atoms with E-state index in [1.54, 1.807) is 30.3 Å². The summed E-state index contributed by atoms with van der Waals surface area (Å²) >= 11 is 0. The van der Waals surface area contributed by atoms with Gasteiger partial charge in [0.25, 0.3) is 5.91 Å². The van der Waals surface area contributed by atoms with Gasteiger partial charge < -0.3 is 15.5 Å². The van der Waals surface area contributed by atoms with Crippen molar-refractivity contribution in [1.82, 2.24) is 15.1 Å². The number of amides is 1. The molecule has 180 valence electrons. The molecular formula is C21H15F6N3O4. The van der Waals surface area contributed by atoms with Gasteiger partial charge in [0.1, 0.15) is 0 Å². The van der Waals surface area contributed by atoms with Crippen LogP contribution >= 0.6 is 0 Å². The molecule has 0 aliphatic rings. The van der Waals surface area contributed by atoms with E-state index in [4.69, 9.17) is 5.11 Å². The van der Waals surface area contributed by atoms with Gasteiger partial charge in [-0.15, -0.1) is 0 Å². The van der Waals surface area contributed by atoms with Crippen molar-refractivity contribution < 1.29 is 46.1 Å². The second kappa shape index (κ2) is 9.08. The van der Waals surface area contributed by atoms with Crippen molar-refractivity contribution in [3.63, 3.8) is 0 Å². The standard InChI is InChI=1S/C21H15F6N3O4/c22-20(23,24)12-6-11(7-13(8-12)21(25,26)27)15(10-18(32)33)28-19(34)16-9-17(31)30(29-16)14-4-2-1-3-5-14/h1-9,15,31H,10H2,(H,28,34)(H,32,33). The molecule has 13 heteroatoms. The topological polar surface area (TPSA) is 104 Å². The number of alkyl halides is 6. The number of para-hydroxylation sites is 1. The van der Waals surface area contributed by atoms with Crippen LogP contribution in [0.3, 0.4) is 0 Å². The minimum absolute atomic E-state index is 0.108. The van der Waals surface area contributed by atoms with E-state index in [1.807, 2.05) is 0 Å². The van der Waals surface area contributed by atoms with Crippen molar-refractivity contribution in [2.24, 2.45) is 0 Å². The first-order valence-electron chi connectivity index (χ1n) is 9.42. The Kier molecular flexibility index (Phi) is 6.57. The first-order valence-corrected chi connectivity index (χ1v) is 9.42. The maximum atomic E-state index is 13.2. The highest BCUT2D eigenvalue weighted by Gasteiger charge is 2.38. The lowest BCUT2D eigenvalue weighted by molar-refractivity contribution is -0.143. The zero-order valence-corrected chi connectivity index (χ0v) is 16.9. The zero-order valence-electron chi connectivity index (χ0n) is 16.9. The average Bonchev–Trinajstić information content (AvgIpc) is 3.14. The number of halogens is 6. The van der Waals surface area contributed by atoms with Crippen LogP contribution in [0.5, 0.6) is 5.88 Å². The number of rotatable bonds is 6. The molecule has 0 aliphatic carbocycles. The second-order valence-electron chi connectivity index (χ2n) is 7.10. The van der Waals surface area contributed by atoms with Crippen molar-refractivity contribution >= 4 is 11.9 Å². The summed E-state index contributed by atoms with van der Waals surface area (Å²) < 4.78 is 80.1. The highest BCUT2D eigenvalue weighted by atomic mass is 19.4. The summed E-state index contributed by atoms with van der Waals surface area (Å²) in [5, 5.41) is 25.1. The van der Waals surface area contributed by atoms with Crippen LogP contribution in [-0.2, 0) is 17.1 Å². The SMILES string of the molecule is O=C(O)CC(NC(=O)c1cc(O)n(-c2ccccc2)n1)c1cc(C(F)(F)F)cc(C(F)(F)F)c1. The fourth-order valence-electron chi connectivity index (χ4n) is 3.08. The molecule has 1 unspecified atom stereocenters. The van der Waals surface area contributed by atoms with Crippen LogP contribution in [-0.4, -0.2) is 31.9 Å². The lowest BCUT2D eigenvalue weighted by Crippen LogP contribution is -2.31. The molecule has 34 heavy (non-hydrogen) atoms. The second-order valence-corrected chi connectivity index (χ2v) is 7.10. The van der Waals surface area contributed by atoms with E-state index in [9.17, 15) is 41.0 Å². The van der Waals surface area contributed by atoms with E-state index < -0.39 is 65.0 Å². The molecule has 2 aromatic carbocycles. The number of benzene rings is 2. The van der Waals surface area contributed by atoms with Gasteiger partial charge in [-0.05, 0) is 35.9 Å². The molecule has 0 aliphatic heterocycles. The van der Waals surface area contributed by atoms with Gasteiger partial charge in [-0.3, -0.25) is 9.59 Å². The van der Waals surface area contributed by atoms with E-state index in [2.05, 4.69) is 10.4 Å². The zero-order chi connectivity index (χ0) is 25.3. The molecule has 0 fully saturated rings. The van der Waals surface area contributed by atoms with Crippen LogP contribution < -0.4 is 5.32 Å². The molecule has 0 saturated heterocycles. The van der Waals surface area contributed by atoms with E-state index in [1.165, 1.54) is 0 Å². The normalized spacial score (nSPS) is 12.9. The van der Waals surface area contributed by atoms with Gasteiger partial charge in [0.2, 0.25) is 5.88 Å². The van der Waals surface area contributed by atoms with Crippen LogP contribution in [0, 0.1) is 0 Å². The van der Waals surface area contributed by atoms with Crippen LogP contribution in [0.4, 0.5) is 26.3 Å². The van der Waals surface area contributed by atoms with Gasteiger partial charge in [-0.2, -0.15) is 31.4 Å². The number of hydrogen-bond donors (Lipinski definition) is 3. The van der Waals surface area contributed by atoms with E-state index in [-0.39, 0.29) is 6.07 Å². The summed E-state index contributed by atoms with van der Waals surface area (Å²) in [5.41, 5.74) is -4.13. The Hall–Kier alpha value is -4.03. The number of nitrogens with zero attached hydrogens (tertiary/aromatic N) is 2. The van der Waals surface area contributed by atoms with E-state index in [0.717, 1.165) is 10.7 Å². The molecule has 1 heterocycles. The first kappa shape index (κ1) is 24.6. The van der Waals surface area contributed by atoms with Crippen LogP contribution in [0.25, 0.3) is 5.69 Å². The minimum Gasteiger partial charge on any atom is -0.493 e. The van der Waals surface area contributed by atoms with E-state index >= 15 is 0 Å². The summed E-state index contributed by atoms with van der Waals surface area (Å²) in [7, 11) is 0. The molecule has 3 aromatic rings. The van der Waals surface area contributed by atoms with Crippen molar-refractivity contribution in [3.8, 4) is 11.6 Å². The number of aliphatic carboxylic acids is 1. The maximum Gasteiger partial charge on any atom is 0.416 e. The summed E-state index contributed by atoms with van der Waals surface area (Å²) in [5.74, 6) is -3.19. The fourth-order valence-corrected chi connectivity index (χ4v) is 3.08. The predicted molar refractivity (Wildman–Crippen MR) is 104 cm³/mol. The smallest absolute Gasteiger partial charge is 0.416 e. The third-order valence-electron chi connectivity index (χ3n) is 4.62. The van der Waals surface area contributed by atoms with Crippen LogP contribution in [0.1, 0.15) is 39.6 Å². The summed E-state index contributed by atoms with van der Waals surface area (Å²) in [4.78, 5) is 23.9. The number of carbonyl (C=O) groups excluding carboxylic acids is 1. The Morgan fingerprint density at radius 1 is 0.941 bits per heavy atom. The Labute approximate surface area is 187 Å². The van der Waals surface area contributed by atoms with Gasteiger partial charge in [0.15, 0.2) is 5.69 Å². The molecular weight excluding hydrogens is 472 g/mol. The lowest BCUT2D eigenvalue weighted by Gasteiger charge is -2.20. The fraction of sp³-hybridized carbons (Fsp3) is 0.190. The number of aromatic hydroxyl groups is 1. The van der Waals surface area contributed by atoms with E-state index in [0.29, 0.717) is 17.8 Å². The molecule has 1 amide bonds. The molecule has 0 spiro atoms.